The summed E-state index contributed by atoms with van der Waals surface area (Å²) >= 11 is 0. The molecule has 1 amide bonds. The first-order valence-electron chi connectivity index (χ1n) is 8.26. The molecule has 1 aliphatic rings. The Balaban J connectivity index is 2.03. The van der Waals surface area contributed by atoms with E-state index in [0.717, 1.165) is 43.6 Å². The fourth-order valence-electron chi connectivity index (χ4n) is 2.88. The minimum atomic E-state index is -0.0690. The molecule has 3 nitrogen and oxygen atoms in total. The lowest BCUT2D eigenvalue weighted by Gasteiger charge is -2.29. The third-order valence-corrected chi connectivity index (χ3v) is 4.17. The number of carbonyl (C=O) groups excluding carboxylic acids is 1. The Morgan fingerprint density at radius 3 is 2.21 bits per heavy atom. The van der Waals surface area contributed by atoms with Crippen molar-refractivity contribution < 1.29 is 10.0 Å². The molecule has 0 radical (unpaired) electrons. The number of amides is 1. The molecule has 19 heavy (non-hydrogen) atoms. The first-order valence-corrected chi connectivity index (χ1v) is 8.26. The Morgan fingerprint density at radius 1 is 1.00 bits per heavy atom. The Bertz CT molecular complexity index is 237. The zero-order valence-electron chi connectivity index (χ0n) is 12.6. The maximum Gasteiger partial charge on any atom is 0.246 e. The maximum absolute atomic E-state index is 11.9. The zero-order valence-corrected chi connectivity index (χ0v) is 12.6. The van der Waals surface area contributed by atoms with Crippen LogP contribution in [0.5, 0.6) is 0 Å². The van der Waals surface area contributed by atoms with E-state index >= 15 is 0 Å². The van der Waals surface area contributed by atoms with E-state index in [0.29, 0.717) is 6.42 Å². The van der Waals surface area contributed by atoms with Crippen LogP contribution in [0.15, 0.2) is 0 Å². The molecule has 0 spiro atoms. The molecule has 1 rings (SSSR count). The van der Waals surface area contributed by atoms with Crippen LogP contribution in [-0.2, 0) is 4.79 Å². The van der Waals surface area contributed by atoms with Crippen molar-refractivity contribution in [3.63, 3.8) is 0 Å². The average molecular weight is 269 g/mol. The van der Waals surface area contributed by atoms with Gasteiger partial charge in [0.25, 0.3) is 0 Å². The van der Waals surface area contributed by atoms with E-state index < -0.39 is 0 Å². The highest BCUT2D eigenvalue weighted by molar-refractivity contribution is 5.75. The molecule has 0 aliphatic heterocycles. The summed E-state index contributed by atoms with van der Waals surface area (Å²) in [4.78, 5) is 11.9. The molecular formula is C16H31NO2. The highest BCUT2D eigenvalue weighted by Gasteiger charge is 2.23. The first-order chi connectivity index (χ1) is 9.25. The van der Waals surface area contributed by atoms with Crippen LogP contribution < -0.4 is 0 Å². The summed E-state index contributed by atoms with van der Waals surface area (Å²) in [6.07, 6.45) is 14.5. The van der Waals surface area contributed by atoms with E-state index in [9.17, 15) is 10.0 Å². The number of hydroxylamine groups is 2. The second-order valence-corrected chi connectivity index (χ2v) is 5.90. The van der Waals surface area contributed by atoms with Gasteiger partial charge in [-0.3, -0.25) is 10.0 Å². The van der Waals surface area contributed by atoms with Gasteiger partial charge in [0.05, 0.1) is 6.04 Å². The third-order valence-electron chi connectivity index (χ3n) is 4.17. The zero-order chi connectivity index (χ0) is 13.9. The van der Waals surface area contributed by atoms with Gasteiger partial charge in [-0.05, 0) is 19.3 Å². The Labute approximate surface area is 118 Å². The number of nitrogens with zero attached hydrogens (tertiary/aromatic N) is 1. The summed E-state index contributed by atoms with van der Waals surface area (Å²) in [6.45, 7) is 2.22. The monoisotopic (exact) mass is 269 g/mol. The Hall–Kier alpha value is -0.570. The van der Waals surface area contributed by atoms with Gasteiger partial charge in [-0.25, -0.2) is 5.06 Å². The molecule has 0 aromatic rings. The van der Waals surface area contributed by atoms with Gasteiger partial charge in [-0.2, -0.15) is 0 Å². The largest absolute Gasteiger partial charge is 0.286 e. The molecule has 3 heteroatoms. The lowest BCUT2D eigenvalue weighted by molar-refractivity contribution is -0.178. The average Bonchev–Trinajstić information content (AvgIpc) is 2.46. The third kappa shape index (κ3) is 6.95. The van der Waals surface area contributed by atoms with Crippen LogP contribution in [0.4, 0.5) is 0 Å². The topological polar surface area (TPSA) is 40.5 Å². The highest BCUT2D eigenvalue weighted by atomic mass is 16.5. The number of rotatable bonds is 9. The molecule has 1 fully saturated rings. The van der Waals surface area contributed by atoms with E-state index in [4.69, 9.17) is 0 Å². The van der Waals surface area contributed by atoms with E-state index in [-0.39, 0.29) is 11.9 Å². The fraction of sp³-hybridized carbons (Fsp3) is 0.938. The second-order valence-electron chi connectivity index (χ2n) is 5.90. The maximum atomic E-state index is 11.9. The van der Waals surface area contributed by atoms with Gasteiger partial charge in [0.15, 0.2) is 0 Å². The van der Waals surface area contributed by atoms with Gasteiger partial charge in [0, 0.05) is 6.42 Å². The molecule has 1 aliphatic carbocycles. The van der Waals surface area contributed by atoms with Crippen LogP contribution in [0.25, 0.3) is 0 Å². The molecule has 0 heterocycles. The van der Waals surface area contributed by atoms with Gasteiger partial charge in [0.2, 0.25) is 5.91 Å². The molecule has 1 saturated carbocycles. The standard InChI is InChI=1S/C16H31NO2/c1-2-3-4-5-6-7-11-14-16(18)17(19)15-12-9-8-10-13-15/h15,19H,2-14H2,1H3. The van der Waals surface area contributed by atoms with Crippen LogP contribution >= 0.6 is 0 Å². The summed E-state index contributed by atoms with van der Waals surface area (Å²) in [7, 11) is 0. The number of carbonyl (C=O) groups is 1. The molecule has 112 valence electrons. The first kappa shape index (κ1) is 16.5. The van der Waals surface area contributed by atoms with Crippen LogP contribution in [0, 0.1) is 0 Å². The van der Waals surface area contributed by atoms with E-state index in [2.05, 4.69) is 6.92 Å². The second kappa shape index (κ2) is 10.2. The molecule has 0 unspecified atom stereocenters. The molecule has 0 atom stereocenters. The van der Waals surface area contributed by atoms with E-state index in [1.165, 1.54) is 38.5 Å². The van der Waals surface area contributed by atoms with Crippen molar-refractivity contribution >= 4 is 5.91 Å². The number of unbranched alkanes of at least 4 members (excludes halogenated alkanes) is 6. The van der Waals surface area contributed by atoms with Crippen molar-refractivity contribution in [1.82, 2.24) is 5.06 Å². The smallest absolute Gasteiger partial charge is 0.246 e. The summed E-state index contributed by atoms with van der Waals surface area (Å²) in [5.74, 6) is -0.0690. The molecule has 1 N–H and O–H groups in total. The van der Waals surface area contributed by atoms with Crippen LogP contribution in [-0.4, -0.2) is 22.2 Å². The fourth-order valence-corrected chi connectivity index (χ4v) is 2.88. The van der Waals surface area contributed by atoms with Crippen LogP contribution in [0.2, 0.25) is 0 Å². The molecule has 0 bridgehead atoms. The quantitative estimate of drug-likeness (QED) is 0.375. The highest BCUT2D eigenvalue weighted by Crippen LogP contribution is 2.22. The van der Waals surface area contributed by atoms with Crippen molar-refractivity contribution in [2.24, 2.45) is 0 Å². The number of hydrogen-bond acceptors (Lipinski definition) is 2. The summed E-state index contributed by atoms with van der Waals surface area (Å²) in [5.41, 5.74) is 0. The van der Waals surface area contributed by atoms with Crippen molar-refractivity contribution in [1.29, 1.82) is 0 Å². The van der Waals surface area contributed by atoms with Crippen molar-refractivity contribution in [3.8, 4) is 0 Å². The van der Waals surface area contributed by atoms with E-state index in [1.807, 2.05) is 0 Å². The Morgan fingerprint density at radius 2 is 1.58 bits per heavy atom. The van der Waals surface area contributed by atoms with Crippen molar-refractivity contribution in [2.75, 3.05) is 0 Å². The summed E-state index contributed by atoms with van der Waals surface area (Å²) < 4.78 is 0. The van der Waals surface area contributed by atoms with Crippen molar-refractivity contribution in [3.05, 3.63) is 0 Å². The predicted molar refractivity (Wildman–Crippen MR) is 78.1 cm³/mol. The predicted octanol–water partition coefficient (Wildman–Crippen LogP) is 4.68. The summed E-state index contributed by atoms with van der Waals surface area (Å²) in [6, 6.07) is 0.0887. The molecular weight excluding hydrogens is 238 g/mol. The Kier molecular flexibility index (Phi) is 8.89. The molecule has 0 aromatic carbocycles. The van der Waals surface area contributed by atoms with Gasteiger partial charge < -0.3 is 0 Å². The molecule has 0 aromatic heterocycles. The van der Waals surface area contributed by atoms with Gasteiger partial charge >= 0.3 is 0 Å². The van der Waals surface area contributed by atoms with Crippen LogP contribution in [0.3, 0.4) is 0 Å². The number of hydrogen-bond donors (Lipinski definition) is 1. The van der Waals surface area contributed by atoms with Gasteiger partial charge in [-0.15, -0.1) is 0 Å². The lowest BCUT2D eigenvalue weighted by Crippen LogP contribution is -2.38. The van der Waals surface area contributed by atoms with Gasteiger partial charge in [0.1, 0.15) is 0 Å². The normalized spacial score (nSPS) is 16.5. The lowest BCUT2D eigenvalue weighted by atomic mass is 9.95. The van der Waals surface area contributed by atoms with E-state index in [1.54, 1.807) is 0 Å². The minimum Gasteiger partial charge on any atom is -0.286 e. The summed E-state index contributed by atoms with van der Waals surface area (Å²) in [5, 5.41) is 10.9. The van der Waals surface area contributed by atoms with Crippen LogP contribution in [0.1, 0.15) is 90.4 Å². The van der Waals surface area contributed by atoms with Crippen molar-refractivity contribution in [2.45, 2.75) is 96.4 Å². The molecule has 0 saturated heterocycles. The minimum absolute atomic E-state index is 0.0690. The SMILES string of the molecule is CCCCCCCCCC(=O)N(O)C1CCCCC1. The van der Waals surface area contributed by atoms with Gasteiger partial charge in [-0.1, -0.05) is 64.7 Å².